The summed E-state index contributed by atoms with van der Waals surface area (Å²) in [6.07, 6.45) is 2.10. The van der Waals surface area contributed by atoms with E-state index in [2.05, 4.69) is 10.6 Å². The van der Waals surface area contributed by atoms with Crippen LogP contribution in [0.4, 0.5) is 5.69 Å². The number of amides is 2. The predicted molar refractivity (Wildman–Crippen MR) is 110 cm³/mol. The van der Waals surface area contributed by atoms with Crippen LogP contribution in [0.2, 0.25) is 0 Å². The molecule has 148 valence electrons. The number of anilines is 1. The Bertz CT molecular complexity index is 802. The lowest BCUT2D eigenvalue weighted by Crippen LogP contribution is -2.34. The molecule has 0 radical (unpaired) electrons. The molecule has 0 unspecified atom stereocenters. The van der Waals surface area contributed by atoms with Crippen molar-refractivity contribution < 1.29 is 14.3 Å². The highest BCUT2D eigenvalue weighted by molar-refractivity contribution is 6.01. The highest BCUT2D eigenvalue weighted by atomic mass is 16.5. The Labute approximate surface area is 165 Å². The van der Waals surface area contributed by atoms with Crippen molar-refractivity contribution in [3.05, 3.63) is 59.7 Å². The van der Waals surface area contributed by atoms with Gasteiger partial charge in [0.1, 0.15) is 12.4 Å². The van der Waals surface area contributed by atoms with Crippen LogP contribution in [0.25, 0.3) is 0 Å². The van der Waals surface area contributed by atoms with Gasteiger partial charge in [-0.05, 0) is 43.5 Å². The number of para-hydroxylation sites is 1. The molecule has 3 rings (SSSR count). The highest BCUT2D eigenvalue weighted by Crippen LogP contribution is 2.23. The molecule has 1 fully saturated rings. The molecule has 2 aromatic carbocycles. The van der Waals surface area contributed by atoms with Gasteiger partial charge in [0.05, 0.1) is 18.7 Å². The molecule has 0 aromatic heterocycles. The van der Waals surface area contributed by atoms with Gasteiger partial charge >= 0.3 is 0 Å². The minimum Gasteiger partial charge on any atom is -0.492 e. The van der Waals surface area contributed by atoms with Gasteiger partial charge in [0.15, 0.2) is 0 Å². The number of carbonyl (C=O) groups excluding carboxylic acids is 2. The number of aryl methyl sites for hydroxylation is 1. The van der Waals surface area contributed by atoms with E-state index in [-0.39, 0.29) is 18.4 Å². The standard InChI is InChI=1S/C22H27N3O3/c1-17-8-7-11-19(21(17)22(27)25-13-5-6-14-25)24-16-20(26)23-12-15-28-18-9-3-2-4-10-18/h2-4,7-11,24H,5-6,12-16H2,1H3,(H,23,26). The minimum absolute atomic E-state index is 0.0368. The van der Waals surface area contributed by atoms with Gasteiger partial charge in [0, 0.05) is 18.8 Å². The van der Waals surface area contributed by atoms with Gasteiger partial charge in [-0.3, -0.25) is 9.59 Å². The molecule has 1 saturated heterocycles. The van der Waals surface area contributed by atoms with Crippen LogP contribution < -0.4 is 15.4 Å². The van der Waals surface area contributed by atoms with E-state index in [1.165, 1.54) is 0 Å². The summed E-state index contributed by atoms with van der Waals surface area (Å²) in [6.45, 7) is 4.45. The van der Waals surface area contributed by atoms with Crippen molar-refractivity contribution >= 4 is 17.5 Å². The number of benzene rings is 2. The molecule has 1 heterocycles. The van der Waals surface area contributed by atoms with E-state index in [1.54, 1.807) is 0 Å². The molecular weight excluding hydrogens is 354 g/mol. The first-order chi connectivity index (χ1) is 13.6. The number of ether oxygens (including phenoxy) is 1. The van der Waals surface area contributed by atoms with Crippen molar-refractivity contribution in [2.75, 3.05) is 38.1 Å². The smallest absolute Gasteiger partial charge is 0.256 e. The van der Waals surface area contributed by atoms with Crippen molar-refractivity contribution in [1.82, 2.24) is 10.2 Å². The zero-order chi connectivity index (χ0) is 19.8. The number of nitrogens with one attached hydrogen (secondary N) is 2. The molecular formula is C22H27N3O3. The van der Waals surface area contributed by atoms with Crippen LogP contribution in [0.5, 0.6) is 5.75 Å². The lowest BCUT2D eigenvalue weighted by Gasteiger charge is -2.20. The van der Waals surface area contributed by atoms with Gasteiger partial charge < -0.3 is 20.3 Å². The summed E-state index contributed by atoms with van der Waals surface area (Å²) in [4.78, 5) is 26.9. The van der Waals surface area contributed by atoms with Crippen LogP contribution in [0.1, 0.15) is 28.8 Å². The van der Waals surface area contributed by atoms with Crippen molar-refractivity contribution in [2.24, 2.45) is 0 Å². The first kappa shape index (κ1) is 19.7. The fraction of sp³-hybridized carbons (Fsp3) is 0.364. The molecule has 0 spiro atoms. The molecule has 0 bridgehead atoms. The molecule has 28 heavy (non-hydrogen) atoms. The summed E-state index contributed by atoms with van der Waals surface area (Å²) in [7, 11) is 0. The molecule has 2 aromatic rings. The average Bonchev–Trinajstić information content (AvgIpc) is 3.25. The average molecular weight is 381 g/mol. The second-order valence-electron chi connectivity index (χ2n) is 6.86. The third-order valence-electron chi connectivity index (χ3n) is 4.76. The molecule has 6 heteroatoms. The van der Waals surface area contributed by atoms with Gasteiger partial charge in [0.2, 0.25) is 5.91 Å². The number of hydrogen-bond acceptors (Lipinski definition) is 4. The maximum absolute atomic E-state index is 12.8. The second-order valence-corrected chi connectivity index (χ2v) is 6.86. The number of nitrogens with zero attached hydrogens (tertiary/aromatic N) is 1. The fourth-order valence-electron chi connectivity index (χ4n) is 3.29. The zero-order valence-corrected chi connectivity index (χ0v) is 16.2. The predicted octanol–water partition coefficient (Wildman–Crippen LogP) is 2.84. The zero-order valence-electron chi connectivity index (χ0n) is 16.2. The van der Waals surface area contributed by atoms with Crippen molar-refractivity contribution in [3.63, 3.8) is 0 Å². The topological polar surface area (TPSA) is 70.7 Å². The van der Waals surface area contributed by atoms with E-state index >= 15 is 0 Å². The van der Waals surface area contributed by atoms with Crippen LogP contribution in [0, 0.1) is 6.92 Å². The summed E-state index contributed by atoms with van der Waals surface area (Å²) in [5, 5.41) is 5.94. The Hall–Kier alpha value is -3.02. The maximum Gasteiger partial charge on any atom is 0.256 e. The monoisotopic (exact) mass is 381 g/mol. The van der Waals surface area contributed by atoms with E-state index in [1.807, 2.05) is 60.4 Å². The third-order valence-corrected chi connectivity index (χ3v) is 4.76. The second kappa shape index (κ2) is 9.78. The summed E-state index contributed by atoms with van der Waals surface area (Å²) in [5.41, 5.74) is 2.27. The molecule has 1 aliphatic heterocycles. The Balaban J connectivity index is 1.49. The Kier molecular flexibility index (Phi) is 6.89. The van der Waals surface area contributed by atoms with Gasteiger partial charge in [-0.15, -0.1) is 0 Å². The lowest BCUT2D eigenvalue weighted by molar-refractivity contribution is -0.119. The van der Waals surface area contributed by atoms with Gasteiger partial charge in [0.25, 0.3) is 5.91 Å². The number of rotatable bonds is 8. The summed E-state index contributed by atoms with van der Waals surface area (Å²) in [6, 6.07) is 15.2. The molecule has 2 N–H and O–H groups in total. The number of carbonyl (C=O) groups is 2. The Morgan fingerprint density at radius 3 is 2.54 bits per heavy atom. The molecule has 2 amide bonds. The quantitative estimate of drug-likeness (QED) is 0.690. The van der Waals surface area contributed by atoms with Crippen LogP contribution in [0.15, 0.2) is 48.5 Å². The van der Waals surface area contributed by atoms with E-state index in [9.17, 15) is 9.59 Å². The van der Waals surface area contributed by atoms with E-state index < -0.39 is 0 Å². The fourth-order valence-corrected chi connectivity index (χ4v) is 3.29. The largest absolute Gasteiger partial charge is 0.492 e. The van der Waals surface area contributed by atoms with E-state index in [0.29, 0.717) is 24.4 Å². The molecule has 1 aliphatic rings. The highest BCUT2D eigenvalue weighted by Gasteiger charge is 2.23. The van der Waals surface area contributed by atoms with E-state index in [4.69, 9.17) is 4.74 Å². The third kappa shape index (κ3) is 5.25. The van der Waals surface area contributed by atoms with Gasteiger partial charge in [-0.1, -0.05) is 30.3 Å². The minimum atomic E-state index is -0.141. The Morgan fingerprint density at radius 2 is 1.79 bits per heavy atom. The van der Waals surface area contributed by atoms with E-state index in [0.717, 1.165) is 37.2 Å². The summed E-state index contributed by atoms with van der Waals surface area (Å²) >= 11 is 0. The summed E-state index contributed by atoms with van der Waals surface area (Å²) < 4.78 is 5.56. The molecule has 0 atom stereocenters. The van der Waals surface area contributed by atoms with Gasteiger partial charge in [-0.25, -0.2) is 0 Å². The van der Waals surface area contributed by atoms with Crippen molar-refractivity contribution in [2.45, 2.75) is 19.8 Å². The first-order valence-corrected chi connectivity index (χ1v) is 9.72. The normalized spacial score (nSPS) is 13.2. The number of likely N-dealkylation sites (tertiary alicyclic amines) is 1. The van der Waals surface area contributed by atoms with Crippen LogP contribution >= 0.6 is 0 Å². The first-order valence-electron chi connectivity index (χ1n) is 9.72. The van der Waals surface area contributed by atoms with Crippen molar-refractivity contribution in [3.8, 4) is 5.75 Å². The van der Waals surface area contributed by atoms with Crippen LogP contribution in [-0.4, -0.2) is 49.5 Å². The Morgan fingerprint density at radius 1 is 1.04 bits per heavy atom. The lowest BCUT2D eigenvalue weighted by atomic mass is 10.0. The summed E-state index contributed by atoms with van der Waals surface area (Å²) in [5.74, 6) is 0.673. The maximum atomic E-state index is 12.8. The molecule has 0 saturated carbocycles. The van der Waals surface area contributed by atoms with Crippen molar-refractivity contribution in [1.29, 1.82) is 0 Å². The number of hydrogen-bond donors (Lipinski definition) is 2. The van der Waals surface area contributed by atoms with Gasteiger partial charge in [-0.2, -0.15) is 0 Å². The SMILES string of the molecule is Cc1cccc(NCC(=O)NCCOc2ccccc2)c1C(=O)N1CCCC1. The van der Waals surface area contributed by atoms with Crippen LogP contribution in [0.3, 0.4) is 0 Å². The van der Waals surface area contributed by atoms with Crippen LogP contribution in [-0.2, 0) is 4.79 Å². The molecule has 6 nitrogen and oxygen atoms in total. The molecule has 0 aliphatic carbocycles.